The first-order valence-corrected chi connectivity index (χ1v) is 29.5. The molecule has 89 heavy (non-hydrogen) atoms. The number of nitrogens with two attached hydrogens (primary N) is 1. The smallest absolute Gasteiger partial charge is 0.187 e. The van der Waals surface area contributed by atoms with Crippen molar-refractivity contribution in [3.63, 3.8) is 0 Å². The Balaban J connectivity index is 1.06. The van der Waals surface area contributed by atoms with Crippen LogP contribution in [0.1, 0.15) is 0 Å². The molecule has 21 fully saturated rings. The van der Waals surface area contributed by atoms with Crippen molar-refractivity contribution in [1.29, 1.82) is 0 Å². The lowest BCUT2D eigenvalue weighted by atomic mass is 9.95. The van der Waals surface area contributed by atoms with Gasteiger partial charge in [0.05, 0.1) is 39.6 Å². The Hall–Kier alpha value is -1.56. The van der Waals surface area contributed by atoms with Crippen LogP contribution in [0.15, 0.2) is 0 Å². The summed E-state index contributed by atoms with van der Waals surface area (Å²) in [5, 5.41) is 237. The number of nitrogens with one attached hydrogen (secondary N) is 4. The van der Waals surface area contributed by atoms with Gasteiger partial charge in [0.2, 0.25) is 0 Å². The molecule has 0 aliphatic carbocycles. The van der Waals surface area contributed by atoms with E-state index in [4.69, 9.17) is 72.0 Å². The van der Waals surface area contributed by atoms with Gasteiger partial charge >= 0.3 is 0 Å². The van der Waals surface area contributed by atoms with Gasteiger partial charge in [-0.15, -0.1) is 0 Å². The second kappa shape index (κ2) is 33.9. The minimum atomic E-state index is -2.21. The first-order chi connectivity index (χ1) is 42.7. The van der Waals surface area contributed by atoms with Crippen LogP contribution in [0.4, 0.5) is 0 Å². The molecule has 21 heterocycles. The van der Waals surface area contributed by atoms with E-state index in [1.807, 2.05) is 0 Å². The van der Waals surface area contributed by atoms with E-state index in [0.717, 1.165) is 0 Å². The lowest BCUT2D eigenvalue weighted by Crippen LogP contribution is -2.68. The first kappa shape index (κ1) is 73.3. The minimum Gasteiger partial charge on any atom is -0.394 e. The zero-order valence-corrected chi connectivity index (χ0v) is 48.1. The Labute approximate surface area is 508 Å². The molecule has 21 aliphatic heterocycles. The summed E-state index contributed by atoms with van der Waals surface area (Å²) in [5.74, 6) is 0. The lowest BCUT2D eigenvalue weighted by Gasteiger charge is -2.50. The number of ether oxygens (including phenoxy) is 14. The molecule has 0 amide bonds. The van der Waals surface area contributed by atoms with Crippen molar-refractivity contribution in [2.45, 2.75) is 215 Å². The van der Waals surface area contributed by atoms with Crippen molar-refractivity contribution in [3.8, 4) is 0 Å². The highest BCUT2D eigenvalue weighted by Gasteiger charge is 2.59. The molecule has 0 spiro atoms. The van der Waals surface area contributed by atoms with Gasteiger partial charge in [0.1, 0.15) is 171 Å². The summed E-state index contributed by atoms with van der Waals surface area (Å²) in [6.45, 7) is -2.15. The zero-order valence-electron chi connectivity index (χ0n) is 48.1. The number of aliphatic hydroxyl groups excluding tert-OH is 20. The standard InChI is InChI=1S/C50H91N5O34/c51-1-2-52-3-4-53-5-6-54-7-8-55-9-16-37-23(62)30(69)44(76-16)84-38-17(10-56)78-46(32(71)25(38)64)86-40-19(12-58)80-48(34(73)27(40)66)88-42-21(14-60)82-50(36(75)29(42)68)89-43-22(15-61)81-49(35(74)28(43)67)87-41-20(13-59)79-47(33(72)26(41)65)85-39-18(11-57)77-45(83-37)31(70)24(39)63/h16-50,52-75H,1-15,51H2/t16-,17-,18-,19+,20+,21+,22+,23-,24-,25-,26+,27+,28+,29+,30-,31-,32-,33+,34+,35+,36+,37-,38-,39-,40+,41+,42+,43+,44-,45-,46-,47+,48+,49+,50+/m1/s1. The maximum atomic E-state index is 11.8. The summed E-state index contributed by atoms with van der Waals surface area (Å²) < 4.78 is 81.5. The van der Waals surface area contributed by atoms with Crippen LogP contribution in [-0.2, 0) is 66.3 Å². The summed E-state index contributed by atoms with van der Waals surface area (Å²) in [6.07, 6.45) is -69.3. The Morgan fingerprint density at radius 2 is 0.382 bits per heavy atom. The molecule has 21 saturated heterocycles. The van der Waals surface area contributed by atoms with Crippen LogP contribution in [0.2, 0.25) is 0 Å². The summed E-state index contributed by atoms with van der Waals surface area (Å²) in [7, 11) is 0. The number of hydrogen-bond acceptors (Lipinski definition) is 39. The predicted octanol–water partition coefficient (Wildman–Crippen LogP) is -16.9. The SMILES string of the molecule is NCCNCCNCCNCCNC[C@H]1O[C@@H]2O[C@H]3[C@H](O)[C@@H](O)[C@@H](O[C@@H]4[C@@H](O)[C@H](O)[C@H](O[C@@H]5[C@@H](O)[C@H](O)[C@H](O[C@@H]6[C@@H](O)[C@H](O)[C@H](O[C@@H]7[C@@H](O)[C@H](O)[C@H](O[C@H]8[C@H](O)[C@@H](O)[C@@H](O[C@H]1[C@H](O)[C@H]2O)O[C@@H]8CO)O[C@H]7CO)O[C@H]6CO)O[C@H]5CO)O[C@H]4CO)O[C@@H]3CO. The monoisotopic (exact) mass is 1310 g/mol. The molecular weight excluding hydrogens is 1210 g/mol. The van der Waals surface area contributed by atoms with Crippen LogP contribution in [0, 0.1) is 0 Å². The molecule has 0 saturated carbocycles. The Morgan fingerprint density at radius 3 is 0.573 bits per heavy atom. The average Bonchev–Trinajstić information content (AvgIpc) is 1.09. The summed E-state index contributed by atoms with van der Waals surface area (Å²) >= 11 is 0. The molecule has 0 unspecified atom stereocenters. The predicted molar refractivity (Wildman–Crippen MR) is 282 cm³/mol. The molecule has 0 radical (unpaired) electrons. The highest BCUT2D eigenvalue weighted by atomic mass is 16.8. The molecule has 26 N–H and O–H groups in total. The van der Waals surface area contributed by atoms with Crippen LogP contribution in [0.5, 0.6) is 0 Å². The highest BCUT2D eigenvalue weighted by molar-refractivity contribution is 5.02. The number of aliphatic hydroxyl groups is 20. The van der Waals surface area contributed by atoms with Crippen molar-refractivity contribution in [3.05, 3.63) is 0 Å². The van der Waals surface area contributed by atoms with Gasteiger partial charge in [0, 0.05) is 58.9 Å². The molecular formula is C50H91N5O34. The first-order valence-electron chi connectivity index (χ1n) is 29.5. The third-order valence-corrected chi connectivity index (χ3v) is 16.7. The van der Waals surface area contributed by atoms with Crippen molar-refractivity contribution < 1.29 is 168 Å². The van der Waals surface area contributed by atoms with E-state index in [-0.39, 0.29) is 13.1 Å². The normalized spacial score (nSPS) is 49.5. The van der Waals surface area contributed by atoms with E-state index < -0.39 is 255 Å². The van der Waals surface area contributed by atoms with Crippen LogP contribution in [0.25, 0.3) is 0 Å². The molecule has 0 aromatic rings. The Morgan fingerprint density at radius 1 is 0.213 bits per heavy atom. The second-order valence-electron chi connectivity index (χ2n) is 22.7. The Kier molecular flexibility index (Phi) is 27.9. The fourth-order valence-electron chi connectivity index (χ4n) is 11.7. The van der Waals surface area contributed by atoms with Gasteiger partial charge in [-0.05, 0) is 0 Å². The maximum Gasteiger partial charge on any atom is 0.187 e. The molecule has 520 valence electrons. The van der Waals surface area contributed by atoms with E-state index in [9.17, 15) is 102 Å². The number of hydrogen-bond donors (Lipinski definition) is 25. The van der Waals surface area contributed by atoms with E-state index in [0.29, 0.717) is 45.8 Å². The van der Waals surface area contributed by atoms with Crippen LogP contribution >= 0.6 is 0 Å². The third kappa shape index (κ3) is 16.6. The molecule has 21 aliphatic rings. The Bertz CT molecular complexity index is 2050. The van der Waals surface area contributed by atoms with Gasteiger partial charge in [-0.2, -0.15) is 0 Å². The van der Waals surface area contributed by atoms with Crippen molar-refractivity contribution in [1.82, 2.24) is 21.3 Å². The summed E-state index contributed by atoms with van der Waals surface area (Å²) in [6, 6.07) is 0. The van der Waals surface area contributed by atoms with Gasteiger partial charge in [-0.3, -0.25) is 0 Å². The zero-order chi connectivity index (χ0) is 64.5. The second-order valence-corrected chi connectivity index (χ2v) is 22.7. The fraction of sp³-hybridized carbons (Fsp3) is 1.00. The van der Waals surface area contributed by atoms with Crippen molar-refractivity contribution in [2.24, 2.45) is 5.73 Å². The van der Waals surface area contributed by atoms with Crippen molar-refractivity contribution in [2.75, 3.05) is 98.5 Å². The van der Waals surface area contributed by atoms with Gasteiger partial charge in [-0.1, -0.05) is 0 Å². The van der Waals surface area contributed by atoms with Gasteiger partial charge in [0.15, 0.2) is 44.0 Å². The molecule has 39 nitrogen and oxygen atoms in total. The average molecular weight is 1310 g/mol. The summed E-state index contributed by atoms with van der Waals surface area (Å²) in [4.78, 5) is 0. The van der Waals surface area contributed by atoms with Crippen LogP contribution in [-0.4, -0.2) is 416 Å². The van der Waals surface area contributed by atoms with Gasteiger partial charge in [0.25, 0.3) is 0 Å². The maximum absolute atomic E-state index is 11.8. The van der Waals surface area contributed by atoms with E-state index in [1.165, 1.54) is 0 Å². The van der Waals surface area contributed by atoms with Gasteiger partial charge in [-0.25, -0.2) is 0 Å². The van der Waals surface area contributed by atoms with Crippen LogP contribution < -0.4 is 27.0 Å². The topological polar surface area (TPSA) is 608 Å². The molecule has 35 atom stereocenters. The molecule has 0 aromatic carbocycles. The summed E-state index contributed by atoms with van der Waals surface area (Å²) in [5.41, 5.74) is 5.50. The highest BCUT2D eigenvalue weighted by Crippen LogP contribution is 2.39. The minimum absolute atomic E-state index is 0.236. The number of rotatable bonds is 19. The quantitative estimate of drug-likeness (QED) is 0.0534. The molecule has 21 rings (SSSR count). The molecule has 14 bridgehead atoms. The fourth-order valence-corrected chi connectivity index (χ4v) is 11.7. The van der Waals surface area contributed by atoms with Crippen molar-refractivity contribution >= 4 is 0 Å². The lowest BCUT2D eigenvalue weighted by molar-refractivity contribution is -0.396. The molecule has 0 aromatic heterocycles. The van der Waals surface area contributed by atoms with Gasteiger partial charge < -0.3 is 195 Å². The largest absolute Gasteiger partial charge is 0.394 e. The van der Waals surface area contributed by atoms with E-state index in [2.05, 4.69) is 21.3 Å². The third-order valence-electron chi connectivity index (χ3n) is 16.7. The van der Waals surface area contributed by atoms with E-state index >= 15 is 0 Å². The molecule has 39 heteroatoms. The van der Waals surface area contributed by atoms with E-state index in [1.54, 1.807) is 0 Å². The van der Waals surface area contributed by atoms with Crippen LogP contribution in [0.3, 0.4) is 0 Å².